The minimum Gasteiger partial charge on any atom is -0.382 e. The fourth-order valence-electron chi connectivity index (χ4n) is 4.72. The number of benzene rings is 2. The Morgan fingerprint density at radius 2 is 1.35 bits per heavy atom. The highest BCUT2D eigenvalue weighted by molar-refractivity contribution is 6.31. The van der Waals surface area contributed by atoms with Gasteiger partial charge in [0.1, 0.15) is 0 Å². The van der Waals surface area contributed by atoms with Crippen LogP contribution in [0, 0.1) is 5.41 Å². The van der Waals surface area contributed by atoms with E-state index in [1.807, 2.05) is 12.1 Å². The number of halogens is 1. The summed E-state index contributed by atoms with van der Waals surface area (Å²) in [4.78, 5) is 36.2. The second-order valence-corrected chi connectivity index (χ2v) is 11.2. The van der Waals surface area contributed by atoms with Crippen molar-refractivity contribution in [2.45, 2.75) is 44.6 Å². The van der Waals surface area contributed by atoms with Crippen LogP contribution < -0.4 is 33.2 Å². The molecule has 0 aliphatic carbocycles. The molecule has 0 radical (unpaired) electrons. The van der Waals surface area contributed by atoms with Gasteiger partial charge in [0, 0.05) is 25.5 Å². The van der Waals surface area contributed by atoms with Gasteiger partial charge < -0.3 is 27.8 Å². The van der Waals surface area contributed by atoms with Gasteiger partial charge in [0.2, 0.25) is 5.91 Å². The molecule has 1 atom stereocenters. The van der Waals surface area contributed by atoms with Crippen molar-refractivity contribution in [3.05, 3.63) is 101 Å². The maximum atomic E-state index is 12.3. The number of carbonyl (C=O) groups is 2. The molecule has 0 saturated heterocycles. The molecule has 4 rings (SSSR count). The maximum absolute atomic E-state index is 12.3. The van der Waals surface area contributed by atoms with Crippen LogP contribution in [0.15, 0.2) is 73.1 Å². The average Bonchev–Trinajstić information content (AvgIpc) is 3.05. The zero-order valence-electron chi connectivity index (χ0n) is 25.4. The zero-order chi connectivity index (χ0) is 32.9. The van der Waals surface area contributed by atoms with Crippen molar-refractivity contribution in [1.29, 1.82) is 5.41 Å². The van der Waals surface area contributed by atoms with Crippen molar-refractivity contribution in [2.75, 3.05) is 24.6 Å². The summed E-state index contributed by atoms with van der Waals surface area (Å²) in [6.45, 7) is 1.09. The first kappa shape index (κ1) is 33.8. The number of anilines is 2. The Morgan fingerprint density at radius 3 is 1.98 bits per heavy atom. The number of hydrogen-bond acceptors (Lipinski definition) is 9. The molecule has 0 saturated carbocycles. The predicted octanol–water partition coefficient (Wildman–Crippen LogP) is 3.25. The lowest BCUT2D eigenvalue weighted by atomic mass is 9.99. The number of guanidine groups is 1. The van der Waals surface area contributed by atoms with Gasteiger partial charge in [0.05, 0.1) is 6.04 Å². The molecule has 0 fully saturated rings. The highest BCUT2D eigenvalue weighted by atomic mass is 35.5. The topological polar surface area (TPSA) is 211 Å². The van der Waals surface area contributed by atoms with Crippen LogP contribution in [0.3, 0.4) is 0 Å². The SMILES string of the molecule is N=C(NCCCCc1ccc(-c2ccc(CCCNC(=O)[C@H](N)Cc3ccncc3)cc2)cc1)NC(=O)c1nc(Cl)c(N)nc1N. The summed E-state index contributed by atoms with van der Waals surface area (Å²) in [6.07, 6.45) is 8.18. The van der Waals surface area contributed by atoms with Gasteiger partial charge in [-0.25, -0.2) is 9.97 Å². The van der Waals surface area contributed by atoms with E-state index in [0.29, 0.717) is 19.5 Å². The molecular formula is C33H39ClN10O2. The monoisotopic (exact) mass is 642 g/mol. The van der Waals surface area contributed by atoms with Crippen LogP contribution >= 0.6 is 11.6 Å². The third kappa shape index (κ3) is 10.2. The Kier molecular flexibility index (Phi) is 12.4. The van der Waals surface area contributed by atoms with Crippen molar-refractivity contribution < 1.29 is 9.59 Å². The van der Waals surface area contributed by atoms with E-state index in [1.54, 1.807) is 12.4 Å². The summed E-state index contributed by atoms with van der Waals surface area (Å²) < 4.78 is 0. The van der Waals surface area contributed by atoms with E-state index in [1.165, 1.54) is 11.1 Å². The number of aryl methyl sites for hydroxylation is 2. The molecular weight excluding hydrogens is 604 g/mol. The number of nitrogens with two attached hydrogens (primary N) is 3. The molecule has 240 valence electrons. The number of aromatic nitrogens is 3. The van der Waals surface area contributed by atoms with E-state index < -0.39 is 11.9 Å². The molecule has 0 unspecified atom stereocenters. The predicted molar refractivity (Wildman–Crippen MR) is 181 cm³/mol. The maximum Gasteiger partial charge on any atom is 0.280 e. The third-order valence-corrected chi connectivity index (χ3v) is 7.56. The van der Waals surface area contributed by atoms with Crippen LogP contribution in [0.4, 0.5) is 11.6 Å². The largest absolute Gasteiger partial charge is 0.382 e. The van der Waals surface area contributed by atoms with Crippen molar-refractivity contribution in [1.82, 2.24) is 30.9 Å². The van der Waals surface area contributed by atoms with Crippen LogP contribution in [0.5, 0.6) is 0 Å². The molecule has 13 heteroatoms. The van der Waals surface area contributed by atoms with Gasteiger partial charge in [-0.3, -0.25) is 25.3 Å². The van der Waals surface area contributed by atoms with Crippen molar-refractivity contribution in [3.63, 3.8) is 0 Å². The van der Waals surface area contributed by atoms with Crippen molar-refractivity contribution in [2.24, 2.45) is 5.73 Å². The number of pyridine rings is 1. The lowest BCUT2D eigenvalue weighted by Crippen LogP contribution is -2.42. The number of nitrogens with one attached hydrogen (secondary N) is 4. The standard InChI is InChI=1S/C33H39ClN10O2/c34-28-30(37)43-29(36)27(42-28)32(46)44-33(38)41-16-2-1-4-21-6-10-24(11-7-21)25-12-8-22(9-13-25)5-3-17-40-31(45)26(35)20-23-14-18-39-19-15-23/h6-15,18-19,26H,1-5,16-17,20,35H2,(H,40,45)(H4,36,37,43)(H3,38,41,44,46)/t26-/m1/s1. The van der Waals surface area contributed by atoms with E-state index in [0.717, 1.165) is 48.8 Å². The summed E-state index contributed by atoms with van der Waals surface area (Å²) in [5.41, 5.74) is 22.8. The van der Waals surface area contributed by atoms with Crippen molar-refractivity contribution >= 4 is 41.0 Å². The second-order valence-electron chi connectivity index (χ2n) is 10.8. The van der Waals surface area contributed by atoms with E-state index in [2.05, 4.69) is 79.4 Å². The number of carbonyl (C=O) groups excluding carboxylic acids is 2. The number of unbranched alkanes of at least 4 members (excludes halogenated alkanes) is 1. The molecule has 0 spiro atoms. The van der Waals surface area contributed by atoms with Gasteiger partial charge in [-0.05, 0) is 78.5 Å². The Bertz CT molecular complexity index is 1620. The summed E-state index contributed by atoms with van der Waals surface area (Å²) in [5.74, 6) is -1.24. The molecule has 46 heavy (non-hydrogen) atoms. The summed E-state index contributed by atoms with van der Waals surface area (Å²) >= 11 is 5.81. The van der Waals surface area contributed by atoms with Gasteiger partial charge in [0.25, 0.3) is 5.91 Å². The van der Waals surface area contributed by atoms with Gasteiger partial charge >= 0.3 is 0 Å². The fraction of sp³-hybridized carbons (Fsp3) is 0.273. The number of amides is 2. The van der Waals surface area contributed by atoms with Gasteiger partial charge in [-0.1, -0.05) is 60.1 Å². The molecule has 4 aromatic rings. The third-order valence-electron chi connectivity index (χ3n) is 7.28. The lowest BCUT2D eigenvalue weighted by Gasteiger charge is -2.12. The van der Waals surface area contributed by atoms with Crippen LogP contribution in [0.2, 0.25) is 5.15 Å². The Morgan fingerprint density at radius 1 is 0.761 bits per heavy atom. The van der Waals surface area contributed by atoms with Crippen LogP contribution in [-0.2, 0) is 24.1 Å². The molecule has 0 aliphatic heterocycles. The van der Waals surface area contributed by atoms with E-state index >= 15 is 0 Å². The molecule has 2 amide bonds. The number of nitrogen functional groups attached to an aromatic ring is 2. The highest BCUT2D eigenvalue weighted by Crippen LogP contribution is 2.22. The van der Waals surface area contributed by atoms with E-state index in [9.17, 15) is 9.59 Å². The van der Waals surface area contributed by atoms with Gasteiger partial charge in [-0.2, -0.15) is 0 Å². The van der Waals surface area contributed by atoms with Crippen LogP contribution in [0.1, 0.15) is 46.4 Å². The van der Waals surface area contributed by atoms with Crippen LogP contribution in [-0.4, -0.2) is 51.9 Å². The molecule has 2 aromatic carbocycles. The van der Waals surface area contributed by atoms with Crippen molar-refractivity contribution in [3.8, 4) is 11.1 Å². The first-order valence-electron chi connectivity index (χ1n) is 15.0. The van der Waals surface area contributed by atoms with E-state index in [-0.39, 0.29) is 34.3 Å². The molecule has 0 aliphatic rings. The molecule has 0 bridgehead atoms. The summed E-state index contributed by atoms with van der Waals surface area (Å²) in [7, 11) is 0. The normalized spacial score (nSPS) is 11.4. The minimum atomic E-state index is -0.695. The Hall–Kier alpha value is -5.07. The number of hydrogen-bond donors (Lipinski definition) is 7. The molecule has 2 aromatic heterocycles. The first-order valence-corrected chi connectivity index (χ1v) is 15.4. The summed E-state index contributed by atoms with van der Waals surface area (Å²) in [6, 6.07) is 20.1. The highest BCUT2D eigenvalue weighted by Gasteiger charge is 2.17. The Labute approximate surface area is 273 Å². The smallest absolute Gasteiger partial charge is 0.280 e. The number of rotatable bonds is 14. The molecule has 10 N–H and O–H groups in total. The van der Waals surface area contributed by atoms with E-state index in [4.69, 9.17) is 34.2 Å². The minimum absolute atomic E-state index is 0.0697. The average molecular weight is 643 g/mol. The fourth-order valence-corrected chi connectivity index (χ4v) is 4.85. The quantitative estimate of drug-likeness (QED) is 0.0610. The summed E-state index contributed by atoms with van der Waals surface area (Å²) in [5, 5.41) is 16.0. The lowest BCUT2D eigenvalue weighted by molar-refractivity contribution is -0.122. The second kappa shape index (κ2) is 16.8. The molecule has 12 nitrogen and oxygen atoms in total. The molecule has 2 heterocycles. The first-order chi connectivity index (χ1) is 22.2. The van der Waals surface area contributed by atoms with Crippen LogP contribution in [0.25, 0.3) is 11.1 Å². The zero-order valence-corrected chi connectivity index (χ0v) is 26.2. The van der Waals surface area contributed by atoms with Gasteiger partial charge in [0.15, 0.2) is 28.4 Å². The Balaban J connectivity index is 1.11. The van der Waals surface area contributed by atoms with Gasteiger partial charge in [-0.15, -0.1) is 0 Å². The number of nitrogens with zero attached hydrogens (tertiary/aromatic N) is 3.